The molecule has 0 aromatic heterocycles. The quantitative estimate of drug-likeness (QED) is 0.780. The average molecular weight is 324 g/mol. The predicted octanol–water partition coefficient (Wildman–Crippen LogP) is 1.60. The Balaban J connectivity index is 2.30. The van der Waals surface area contributed by atoms with E-state index in [-0.39, 0.29) is 37.7 Å². The Morgan fingerprint density at radius 2 is 1.82 bits per heavy atom. The zero-order valence-electron chi connectivity index (χ0n) is 12.7. The number of rotatable bonds is 6. The number of aliphatic hydroxyl groups is 1. The van der Waals surface area contributed by atoms with Gasteiger partial charge < -0.3 is 15.3 Å². The van der Waals surface area contributed by atoms with Crippen LogP contribution in [0.1, 0.15) is 45.4 Å². The number of hydrogen-bond donors (Lipinski definition) is 2. The molecular weight excluding hydrogens is 301 g/mol. The summed E-state index contributed by atoms with van der Waals surface area (Å²) < 4.78 is 37.9. The van der Waals surface area contributed by atoms with Crippen molar-refractivity contribution < 1.29 is 27.9 Å². The van der Waals surface area contributed by atoms with E-state index in [1.807, 2.05) is 6.92 Å². The van der Waals surface area contributed by atoms with Gasteiger partial charge in [0.1, 0.15) is 0 Å². The van der Waals surface area contributed by atoms with Crippen molar-refractivity contribution in [2.45, 2.75) is 57.2 Å². The van der Waals surface area contributed by atoms with Gasteiger partial charge in [0, 0.05) is 45.3 Å². The third kappa shape index (κ3) is 5.15. The highest BCUT2D eigenvalue weighted by atomic mass is 19.4. The van der Waals surface area contributed by atoms with E-state index in [1.54, 1.807) is 0 Å². The summed E-state index contributed by atoms with van der Waals surface area (Å²) in [6.07, 6.45) is -4.11. The number of nitrogens with zero attached hydrogens (tertiary/aromatic N) is 1. The molecule has 1 aliphatic heterocycles. The summed E-state index contributed by atoms with van der Waals surface area (Å²) in [7, 11) is 0. The molecule has 0 unspecified atom stereocenters. The second-order valence-corrected chi connectivity index (χ2v) is 5.61. The van der Waals surface area contributed by atoms with Crippen LogP contribution in [0.4, 0.5) is 13.2 Å². The van der Waals surface area contributed by atoms with Crippen molar-refractivity contribution in [1.29, 1.82) is 0 Å². The largest absolute Gasteiger partial charge is 0.417 e. The average Bonchev–Trinajstić information content (AvgIpc) is 2.44. The van der Waals surface area contributed by atoms with Crippen molar-refractivity contribution in [2.75, 3.05) is 19.6 Å². The molecule has 1 fully saturated rings. The van der Waals surface area contributed by atoms with E-state index in [0.717, 1.165) is 6.42 Å². The molecule has 2 amide bonds. The van der Waals surface area contributed by atoms with Gasteiger partial charge in [-0.3, -0.25) is 9.59 Å². The van der Waals surface area contributed by atoms with E-state index in [2.05, 4.69) is 5.32 Å². The zero-order chi connectivity index (χ0) is 16.8. The van der Waals surface area contributed by atoms with Gasteiger partial charge in [-0.15, -0.1) is 0 Å². The van der Waals surface area contributed by atoms with Crippen LogP contribution in [0.2, 0.25) is 0 Å². The molecule has 0 atom stereocenters. The second kappa shape index (κ2) is 7.80. The number of likely N-dealkylation sites (tertiary alicyclic amines) is 1. The number of nitrogens with one attached hydrogen (secondary N) is 1. The van der Waals surface area contributed by atoms with Crippen molar-refractivity contribution in [3.63, 3.8) is 0 Å². The van der Waals surface area contributed by atoms with Crippen molar-refractivity contribution >= 4 is 11.8 Å². The Morgan fingerprint density at radius 3 is 2.32 bits per heavy atom. The van der Waals surface area contributed by atoms with Crippen molar-refractivity contribution in [1.82, 2.24) is 10.2 Å². The molecule has 0 saturated carbocycles. The van der Waals surface area contributed by atoms with Gasteiger partial charge in [0.15, 0.2) is 5.60 Å². The Morgan fingerprint density at radius 1 is 1.23 bits per heavy atom. The number of alkyl halides is 3. The lowest BCUT2D eigenvalue weighted by Gasteiger charge is -2.39. The van der Waals surface area contributed by atoms with Crippen molar-refractivity contribution in [3.05, 3.63) is 0 Å². The highest BCUT2D eigenvalue weighted by Crippen LogP contribution is 2.38. The molecule has 128 valence electrons. The van der Waals surface area contributed by atoms with Crippen LogP contribution in [0, 0.1) is 0 Å². The Hall–Kier alpha value is -1.31. The first-order chi connectivity index (χ1) is 10.2. The van der Waals surface area contributed by atoms with Crippen LogP contribution in [0.3, 0.4) is 0 Å². The van der Waals surface area contributed by atoms with Crippen LogP contribution in [0.5, 0.6) is 0 Å². The molecule has 0 aromatic rings. The lowest BCUT2D eigenvalue weighted by atomic mass is 9.90. The number of halogens is 3. The van der Waals surface area contributed by atoms with Gasteiger partial charge >= 0.3 is 6.18 Å². The monoisotopic (exact) mass is 324 g/mol. The molecule has 5 nitrogen and oxygen atoms in total. The van der Waals surface area contributed by atoms with E-state index in [0.29, 0.717) is 13.0 Å². The molecule has 2 N–H and O–H groups in total. The number of amides is 2. The fourth-order valence-electron chi connectivity index (χ4n) is 2.32. The van der Waals surface area contributed by atoms with Crippen LogP contribution in [-0.4, -0.2) is 53.2 Å². The molecule has 1 heterocycles. The summed E-state index contributed by atoms with van der Waals surface area (Å²) in [6, 6.07) is 0. The lowest BCUT2D eigenvalue weighted by molar-refractivity contribution is -0.272. The third-order valence-corrected chi connectivity index (χ3v) is 3.84. The SMILES string of the molecule is CCCNC(=O)CCCC(=O)N1CCC(O)(C(F)(F)F)CC1. The lowest BCUT2D eigenvalue weighted by Crippen LogP contribution is -2.54. The number of hydrogen-bond acceptors (Lipinski definition) is 3. The minimum Gasteiger partial charge on any atom is -0.380 e. The minimum absolute atomic E-state index is 0.114. The second-order valence-electron chi connectivity index (χ2n) is 5.61. The summed E-state index contributed by atoms with van der Waals surface area (Å²) in [4.78, 5) is 24.6. The Kier molecular flexibility index (Phi) is 6.65. The molecular formula is C14H23F3N2O3. The van der Waals surface area contributed by atoms with Crippen molar-refractivity contribution in [3.8, 4) is 0 Å². The number of carbonyl (C=O) groups is 2. The van der Waals surface area contributed by atoms with Crippen molar-refractivity contribution in [2.24, 2.45) is 0 Å². The first-order valence-corrected chi connectivity index (χ1v) is 7.53. The maximum Gasteiger partial charge on any atom is 0.417 e. The first kappa shape index (κ1) is 18.7. The summed E-state index contributed by atoms with van der Waals surface area (Å²) in [5, 5.41) is 12.2. The summed E-state index contributed by atoms with van der Waals surface area (Å²) in [5.74, 6) is -0.396. The molecule has 0 radical (unpaired) electrons. The molecule has 0 aliphatic carbocycles. The predicted molar refractivity (Wildman–Crippen MR) is 74.0 cm³/mol. The van der Waals surface area contributed by atoms with Crippen LogP contribution in [0.15, 0.2) is 0 Å². The smallest absolute Gasteiger partial charge is 0.380 e. The summed E-state index contributed by atoms with van der Waals surface area (Å²) in [5.41, 5.74) is -2.69. The van der Waals surface area contributed by atoms with Crippen LogP contribution < -0.4 is 5.32 Å². The zero-order valence-corrected chi connectivity index (χ0v) is 12.7. The molecule has 0 spiro atoms. The number of carbonyl (C=O) groups excluding carboxylic acids is 2. The fraction of sp³-hybridized carbons (Fsp3) is 0.857. The molecule has 1 saturated heterocycles. The fourth-order valence-corrected chi connectivity index (χ4v) is 2.32. The minimum atomic E-state index is -4.67. The van der Waals surface area contributed by atoms with E-state index in [1.165, 1.54) is 4.90 Å². The summed E-state index contributed by atoms with van der Waals surface area (Å²) >= 11 is 0. The van der Waals surface area contributed by atoms with E-state index >= 15 is 0 Å². The van der Waals surface area contributed by atoms with Gasteiger partial charge in [-0.2, -0.15) is 13.2 Å². The van der Waals surface area contributed by atoms with E-state index in [4.69, 9.17) is 0 Å². The highest BCUT2D eigenvalue weighted by Gasteiger charge is 2.54. The van der Waals surface area contributed by atoms with Gasteiger partial charge in [-0.1, -0.05) is 6.92 Å². The normalized spacial score (nSPS) is 18.1. The maximum atomic E-state index is 12.6. The van der Waals surface area contributed by atoms with E-state index in [9.17, 15) is 27.9 Å². The number of piperidine rings is 1. The molecule has 0 bridgehead atoms. The van der Waals surface area contributed by atoms with Gasteiger partial charge in [-0.05, 0) is 12.8 Å². The summed E-state index contributed by atoms with van der Waals surface area (Å²) in [6.45, 7) is 2.30. The van der Waals surface area contributed by atoms with Gasteiger partial charge in [-0.25, -0.2) is 0 Å². The third-order valence-electron chi connectivity index (χ3n) is 3.84. The first-order valence-electron chi connectivity index (χ1n) is 7.53. The van der Waals surface area contributed by atoms with Gasteiger partial charge in [0.25, 0.3) is 0 Å². The molecule has 22 heavy (non-hydrogen) atoms. The Bertz CT molecular complexity index is 391. The van der Waals surface area contributed by atoms with E-state index < -0.39 is 24.6 Å². The van der Waals surface area contributed by atoms with Crippen LogP contribution >= 0.6 is 0 Å². The molecule has 1 aliphatic rings. The van der Waals surface area contributed by atoms with Crippen LogP contribution in [0.25, 0.3) is 0 Å². The molecule has 8 heteroatoms. The topological polar surface area (TPSA) is 69.6 Å². The maximum absolute atomic E-state index is 12.6. The van der Waals surface area contributed by atoms with Gasteiger partial charge in [0.05, 0.1) is 0 Å². The van der Waals surface area contributed by atoms with Gasteiger partial charge in [0.2, 0.25) is 11.8 Å². The molecule has 0 aromatic carbocycles. The standard InChI is InChI=1S/C14H23F3N2O3/c1-2-8-18-11(20)4-3-5-12(21)19-9-6-13(22,7-10-19)14(15,16)17/h22H,2-10H2,1H3,(H,18,20). The molecule has 1 rings (SSSR count). The highest BCUT2D eigenvalue weighted by molar-refractivity contribution is 5.79. The Labute approximate surface area is 127 Å². The van der Waals surface area contributed by atoms with Crippen LogP contribution in [-0.2, 0) is 9.59 Å².